The van der Waals surface area contributed by atoms with Crippen LogP contribution in [0.25, 0.3) is 11.8 Å². The molecule has 8 nitrogen and oxygen atoms in total. The fraction of sp³-hybridized carbons (Fsp3) is 0.321. The summed E-state index contributed by atoms with van der Waals surface area (Å²) in [7, 11) is 1.55. The van der Waals surface area contributed by atoms with E-state index < -0.39 is 41.7 Å². The van der Waals surface area contributed by atoms with Gasteiger partial charge in [0.05, 0.1) is 42.9 Å². The number of carbonyl (C=O) groups excluding carboxylic acids is 1. The van der Waals surface area contributed by atoms with Crippen molar-refractivity contribution in [3.8, 4) is 11.4 Å². The first-order chi connectivity index (χ1) is 18.6. The van der Waals surface area contributed by atoms with E-state index in [1.807, 2.05) is 29.8 Å². The van der Waals surface area contributed by atoms with E-state index in [1.165, 1.54) is 4.90 Å². The van der Waals surface area contributed by atoms with Crippen molar-refractivity contribution in [1.29, 1.82) is 0 Å². The number of piperazine rings is 1. The Labute approximate surface area is 222 Å². The van der Waals surface area contributed by atoms with Crippen LogP contribution in [0.5, 0.6) is 5.75 Å². The van der Waals surface area contributed by atoms with Crippen LogP contribution < -0.4 is 4.74 Å². The summed E-state index contributed by atoms with van der Waals surface area (Å²) in [6.45, 7) is 3.38. The number of halogens is 3. The van der Waals surface area contributed by atoms with E-state index in [9.17, 15) is 27.9 Å². The molecular weight excluding hydrogens is 513 g/mol. The molecule has 2 amide bonds. The predicted octanol–water partition coefficient (Wildman–Crippen LogP) is 5.10. The predicted molar refractivity (Wildman–Crippen MR) is 136 cm³/mol. The number of carbonyl (C=O) groups is 2. The molecule has 3 heterocycles. The van der Waals surface area contributed by atoms with Crippen molar-refractivity contribution >= 4 is 18.1 Å². The van der Waals surface area contributed by atoms with Crippen LogP contribution in [0, 0.1) is 24.4 Å². The number of hydrogen-bond acceptors (Lipinski definition) is 4. The van der Waals surface area contributed by atoms with Crippen LogP contribution in [0.1, 0.15) is 42.6 Å². The van der Waals surface area contributed by atoms with Crippen LogP contribution in [-0.4, -0.2) is 62.2 Å². The fourth-order valence-electron chi connectivity index (χ4n) is 5.53. The Bertz CT molecular complexity index is 1460. The van der Waals surface area contributed by atoms with Gasteiger partial charge in [-0.2, -0.15) is 0 Å². The fourth-order valence-corrected chi connectivity index (χ4v) is 5.53. The van der Waals surface area contributed by atoms with E-state index in [0.717, 1.165) is 28.4 Å². The first-order valence-corrected chi connectivity index (χ1v) is 12.4. The number of nitrogens with zero attached hydrogens (tertiary/aromatic N) is 4. The number of carboxylic acid groups (broad SMARTS) is 1. The Hall–Kier alpha value is -4.28. The minimum Gasteiger partial charge on any atom is -0.495 e. The van der Waals surface area contributed by atoms with Crippen molar-refractivity contribution in [2.75, 3.05) is 13.7 Å². The van der Waals surface area contributed by atoms with Gasteiger partial charge in [0.2, 0.25) is 0 Å². The van der Waals surface area contributed by atoms with Crippen LogP contribution in [0.2, 0.25) is 0 Å². The van der Waals surface area contributed by atoms with E-state index in [-0.39, 0.29) is 18.0 Å². The maximum absolute atomic E-state index is 14.2. The summed E-state index contributed by atoms with van der Waals surface area (Å²) >= 11 is 0. The van der Waals surface area contributed by atoms with Gasteiger partial charge in [0.15, 0.2) is 17.5 Å². The molecular formula is C28H27F3N4O4. The molecule has 1 N–H and O–H groups in total. The van der Waals surface area contributed by atoms with Crippen LogP contribution in [0.3, 0.4) is 0 Å². The van der Waals surface area contributed by atoms with E-state index >= 15 is 0 Å². The lowest BCUT2D eigenvalue weighted by Gasteiger charge is -2.52. The highest BCUT2D eigenvalue weighted by Gasteiger charge is 2.47. The molecule has 0 bridgehead atoms. The highest BCUT2D eigenvalue weighted by atomic mass is 19.2. The maximum atomic E-state index is 14.2. The summed E-state index contributed by atoms with van der Waals surface area (Å²) in [4.78, 5) is 32.7. The molecule has 2 fully saturated rings. The third kappa shape index (κ3) is 4.73. The molecule has 3 atom stereocenters. The zero-order valence-corrected chi connectivity index (χ0v) is 21.6. The Balaban J connectivity index is 1.52. The molecule has 3 aromatic rings. The molecule has 39 heavy (non-hydrogen) atoms. The number of piperidine rings is 1. The molecule has 0 spiro atoms. The molecule has 0 aliphatic carbocycles. The summed E-state index contributed by atoms with van der Waals surface area (Å²) in [5.74, 6) is -4.22. The number of amides is 2. The zero-order chi connectivity index (χ0) is 28.0. The summed E-state index contributed by atoms with van der Waals surface area (Å²) in [6.07, 6.45) is 4.89. The second-order valence-electron chi connectivity index (χ2n) is 9.83. The Morgan fingerprint density at radius 2 is 1.90 bits per heavy atom. The van der Waals surface area contributed by atoms with Crippen molar-refractivity contribution < 1.29 is 32.6 Å². The van der Waals surface area contributed by atoms with Gasteiger partial charge < -0.3 is 24.2 Å². The normalized spacial score (nSPS) is 22.3. The Morgan fingerprint density at radius 3 is 2.51 bits per heavy atom. The maximum Gasteiger partial charge on any atom is 0.407 e. The smallest absolute Gasteiger partial charge is 0.407 e. The molecule has 2 aliphatic heterocycles. The quantitative estimate of drug-likeness (QED) is 0.367. The lowest BCUT2D eigenvalue weighted by molar-refractivity contribution is -0.141. The third-order valence-corrected chi connectivity index (χ3v) is 7.50. The van der Waals surface area contributed by atoms with Crippen molar-refractivity contribution in [3.05, 3.63) is 82.7 Å². The molecule has 5 rings (SSSR count). The molecule has 2 aliphatic rings. The third-order valence-electron chi connectivity index (χ3n) is 7.50. The minimum atomic E-state index is -1.62. The van der Waals surface area contributed by atoms with E-state index in [0.29, 0.717) is 29.7 Å². The molecule has 0 radical (unpaired) electrons. The van der Waals surface area contributed by atoms with Crippen LogP contribution >= 0.6 is 0 Å². The summed E-state index contributed by atoms with van der Waals surface area (Å²) < 4.78 is 49.4. The molecule has 1 aromatic heterocycles. The number of fused-ring (bicyclic) bond motifs is 1. The van der Waals surface area contributed by atoms with Gasteiger partial charge in [0.1, 0.15) is 5.75 Å². The number of methoxy groups -OCH3 is 1. The van der Waals surface area contributed by atoms with Crippen molar-refractivity contribution in [1.82, 2.24) is 19.4 Å². The van der Waals surface area contributed by atoms with Gasteiger partial charge in [-0.15, -0.1) is 0 Å². The largest absolute Gasteiger partial charge is 0.495 e. The van der Waals surface area contributed by atoms with Gasteiger partial charge in [-0.1, -0.05) is 6.07 Å². The molecule has 1 unspecified atom stereocenters. The molecule has 204 valence electrons. The standard InChI is InChI=1S/C28H27F3N4O4/c1-15-12-33(14-32-15)23-6-4-17(9-25(23)39-3)8-18-5-7-22-16(2)34(28(37)38)13-24(35(22)27(18)36)19-10-20(29)26(31)21(30)11-19/h4,6,8-12,14,16,22,24H,5,7,13H2,1-3H3,(H,37,38)/t16?,22-,24-/m1/s1. The van der Waals surface area contributed by atoms with Crippen LogP contribution in [0.15, 0.2) is 48.4 Å². The first-order valence-electron chi connectivity index (χ1n) is 12.4. The van der Waals surface area contributed by atoms with E-state index in [4.69, 9.17) is 4.74 Å². The highest BCUT2D eigenvalue weighted by molar-refractivity contribution is 5.99. The van der Waals surface area contributed by atoms with Crippen molar-refractivity contribution in [2.45, 2.75) is 44.8 Å². The second kappa shape index (κ2) is 10.1. The topological polar surface area (TPSA) is 87.9 Å². The number of benzene rings is 2. The van der Waals surface area contributed by atoms with Gasteiger partial charge in [0, 0.05) is 18.3 Å². The number of aromatic nitrogens is 2. The molecule has 0 saturated carbocycles. The van der Waals surface area contributed by atoms with Crippen LogP contribution in [-0.2, 0) is 4.79 Å². The van der Waals surface area contributed by atoms with Gasteiger partial charge in [-0.25, -0.2) is 22.9 Å². The second-order valence-corrected chi connectivity index (χ2v) is 9.83. The number of aryl methyl sites for hydroxylation is 1. The monoisotopic (exact) mass is 540 g/mol. The van der Waals surface area contributed by atoms with Gasteiger partial charge in [-0.05, 0) is 68.2 Å². The Kier molecular flexibility index (Phi) is 6.83. The summed E-state index contributed by atoms with van der Waals surface area (Å²) in [6, 6.07) is 5.06. The van der Waals surface area contributed by atoms with Gasteiger partial charge in [-0.3, -0.25) is 4.79 Å². The highest BCUT2D eigenvalue weighted by Crippen LogP contribution is 2.40. The number of imidazole rings is 1. The lowest BCUT2D eigenvalue weighted by Crippen LogP contribution is -2.63. The summed E-state index contributed by atoms with van der Waals surface area (Å²) in [5, 5.41) is 9.77. The van der Waals surface area contributed by atoms with Gasteiger partial charge >= 0.3 is 6.09 Å². The SMILES string of the molecule is COc1cc(C=C2CC[C@@H]3C(C)N(C(=O)O)C[C@H](c4cc(F)c(F)c(F)c4)N3C2=O)ccc1-n1cnc(C)c1. The van der Waals surface area contributed by atoms with E-state index in [1.54, 1.807) is 32.5 Å². The molecule has 2 aromatic carbocycles. The average molecular weight is 541 g/mol. The molecule has 11 heteroatoms. The van der Waals surface area contributed by atoms with Gasteiger partial charge in [0.25, 0.3) is 5.91 Å². The lowest BCUT2D eigenvalue weighted by atomic mass is 9.85. The minimum absolute atomic E-state index is 0.00852. The number of hydrogen-bond donors (Lipinski definition) is 1. The van der Waals surface area contributed by atoms with Crippen molar-refractivity contribution in [2.24, 2.45) is 0 Å². The zero-order valence-electron chi connectivity index (χ0n) is 21.6. The number of rotatable bonds is 4. The van der Waals surface area contributed by atoms with Crippen molar-refractivity contribution in [3.63, 3.8) is 0 Å². The molecule has 2 saturated heterocycles. The summed E-state index contributed by atoms with van der Waals surface area (Å²) in [5.41, 5.74) is 2.78. The first kappa shape index (κ1) is 26.3. The average Bonchev–Trinajstić information content (AvgIpc) is 3.34. The van der Waals surface area contributed by atoms with Crippen LogP contribution in [0.4, 0.5) is 18.0 Å². The number of ether oxygens (including phenoxy) is 1. The Morgan fingerprint density at radius 1 is 1.18 bits per heavy atom. The van der Waals surface area contributed by atoms with E-state index in [2.05, 4.69) is 4.98 Å².